The van der Waals surface area contributed by atoms with Crippen molar-refractivity contribution in [2.24, 2.45) is 0 Å². The number of furan rings is 1. The zero-order valence-corrected chi connectivity index (χ0v) is 24.1. The zero-order chi connectivity index (χ0) is 28.7. The maximum Gasteiger partial charge on any atom is 0.140 e. The van der Waals surface area contributed by atoms with Crippen molar-refractivity contribution in [3.8, 4) is 11.1 Å². The summed E-state index contributed by atoms with van der Waals surface area (Å²) in [4.78, 5) is 2.38. The third-order valence-corrected chi connectivity index (χ3v) is 9.40. The molecule has 0 amide bonds. The van der Waals surface area contributed by atoms with Crippen LogP contribution in [0.2, 0.25) is 0 Å². The third kappa shape index (κ3) is 3.47. The van der Waals surface area contributed by atoms with E-state index >= 15 is 0 Å². The molecule has 0 radical (unpaired) electrons. The van der Waals surface area contributed by atoms with Crippen LogP contribution < -0.4 is 4.90 Å². The molecule has 0 bridgehead atoms. The van der Waals surface area contributed by atoms with Gasteiger partial charge >= 0.3 is 0 Å². The summed E-state index contributed by atoms with van der Waals surface area (Å²) in [6.07, 6.45) is 0. The van der Waals surface area contributed by atoms with E-state index in [1.807, 2.05) is 6.07 Å². The van der Waals surface area contributed by atoms with Crippen LogP contribution in [-0.4, -0.2) is 0 Å². The molecule has 0 saturated heterocycles. The molecule has 9 rings (SSSR count). The second-order valence-corrected chi connectivity index (χ2v) is 12.2. The van der Waals surface area contributed by atoms with Gasteiger partial charge in [-0.1, -0.05) is 105 Å². The molecule has 204 valence electrons. The van der Waals surface area contributed by atoms with Gasteiger partial charge in [0.1, 0.15) is 11.2 Å². The molecular formula is C41H29NO. The van der Waals surface area contributed by atoms with E-state index in [1.165, 1.54) is 54.6 Å². The fraction of sp³-hybridized carbons (Fsp3) is 0.0732. The van der Waals surface area contributed by atoms with E-state index in [1.54, 1.807) is 0 Å². The molecule has 2 heteroatoms. The van der Waals surface area contributed by atoms with Crippen LogP contribution in [0.5, 0.6) is 0 Å². The maximum atomic E-state index is 6.54. The lowest BCUT2D eigenvalue weighted by atomic mass is 9.81. The summed E-state index contributed by atoms with van der Waals surface area (Å²) >= 11 is 0. The minimum Gasteiger partial charge on any atom is -0.456 e. The predicted molar refractivity (Wildman–Crippen MR) is 181 cm³/mol. The Bertz CT molecular complexity index is 2380. The molecule has 0 N–H and O–H groups in total. The van der Waals surface area contributed by atoms with Crippen molar-refractivity contribution in [2.45, 2.75) is 19.3 Å². The molecule has 1 heterocycles. The van der Waals surface area contributed by atoms with Crippen LogP contribution in [0.15, 0.2) is 144 Å². The smallest absolute Gasteiger partial charge is 0.140 e. The van der Waals surface area contributed by atoms with E-state index in [0.717, 1.165) is 28.2 Å². The van der Waals surface area contributed by atoms with Gasteiger partial charge in [-0.3, -0.25) is 0 Å². The number of hydrogen-bond acceptors (Lipinski definition) is 2. The van der Waals surface area contributed by atoms with Crippen molar-refractivity contribution in [1.82, 2.24) is 0 Å². The van der Waals surface area contributed by atoms with Crippen LogP contribution in [-0.2, 0) is 5.41 Å². The van der Waals surface area contributed by atoms with Gasteiger partial charge < -0.3 is 9.32 Å². The number of para-hydroxylation sites is 2. The summed E-state index contributed by atoms with van der Waals surface area (Å²) in [5.74, 6) is 0. The summed E-state index contributed by atoms with van der Waals surface area (Å²) in [5, 5.41) is 7.42. The molecule has 1 aliphatic carbocycles. The largest absolute Gasteiger partial charge is 0.456 e. The molecule has 43 heavy (non-hydrogen) atoms. The fourth-order valence-electron chi connectivity index (χ4n) is 7.36. The van der Waals surface area contributed by atoms with E-state index in [9.17, 15) is 0 Å². The Labute approximate surface area is 250 Å². The molecule has 0 spiro atoms. The number of anilines is 3. The first-order chi connectivity index (χ1) is 21.1. The second-order valence-electron chi connectivity index (χ2n) is 12.2. The van der Waals surface area contributed by atoms with Gasteiger partial charge in [-0.15, -0.1) is 0 Å². The van der Waals surface area contributed by atoms with Crippen LogP contribution >= 0.6 is 0 Å². The average Bonchev–Trinajstić information content (AvgIpc) is 3.53. The van der Waals surface area contributed by atoms with Gasteiger partial charge in [-0.05, 0) is 86.8 Å². The van der Waals surface area contributed by atoms with Crippen molar-refractivity contribution in [3.63, 3.8) is 0 Å². The van der Waals surface area contributed by atoms with Crippen LogP contribution in [0, 0.1) is 0 Å². The van der Waals surface area contributed by atoms with Crippen molar-refractivity contribution < 1.29 is 4.42 Å². The van der Waals surface area contributed by atoms with E-state index in [4.69, 9.17) is 4.42 Å². The Kier molecular flexibility index (Phi) is 4.99. The highest BCUT2D eigenvalue weighted by Gasteiger charge is 2.39. The molecule has 0 aliphatic heterocycles. The molecule has 7 aromatic carbocycles. The first kappa shape index (κ1) is 24.3. The van der Waals surface area contributed by atoms with Crippen molar-refractivity contribution in [3.05, 3.63) is 151 Å². The van der Waals surface area contributed by atoms with Gasteiger partial charge in [-0.25, -0.2) is 0 Å². The van der Waals surface area contributed by atoms with Crippen LogP contribution in [0.1, 0.15) is 25.0 Å². The first-order valence-electron chi connectivity index (χ1n) is 14.9. The van der Waals surface area contributed by atoms with Gasteiger partial charge in [0.25, 0.3) is 0 Å². The fourth-order valence-corrected chi connectivity index (χ4v) is 7.36. The monoisotopic (exact) mass is 551 g/mol. The van der Waals surface area contributed by atoms with E-state index < -0.39 is 0 Å². The zero-order valence-electron chi connectivity index (χ0n) is 24.1. The minimum absolute atomic E-state index is 0.223. The van der Waals surface area contributed by atoms with Crippen LogP contribution in [0.25, 0.3) is 54.6 Å². The third-order valence-electron chi connectivity index (χ3n) is 9.40. The Morgan fingerprint density at radius 1 is 0.488 bits per heavy atom. The summed E-state index contributed by atoms with van der Waals surface area (Å²) in [6, 6.07) is 50.5. The summed E-state index contributed by atoms with van der Waals surface area (Å²) in [6.45, 7) is 4.67. The number of benzene rings is 7. The highest BCUT2D eigenvalue weighted by atomic mass is 16.3. The lowest BCUT2D eigenvalue weighted by Crippen LogP contribution is -2.17. The van der Waals surface area contributed by atoms with Gasteiger partial charge in [0.15, 0.2) is 0 Å². The van der Waals surface area contributed by atoms with Crippen LogP contribution in [0.4, 0.5) is 17.1 Å². The predicted octanol–water partition coefficient (Wildman–Crippen LogP) is 11.7. The number of rotatable bonds is 3. The minimum atomic E-state index is -0.223. The molecule has 0 unspecified atom stereocenters. The van der Waals surface area contributed by atoms with Gasteiger partial charge in [0.05, 0.1) is 0 Å². The Hall–Kier alpha value is -5.34. The molecule has 2 nitrogen and oxygen atoms in total. The normalized spacial score (nSPS) is 13.5. The second kappa shape index (κ2) is 8.83. The van der Waals surface area contributed by atoms with E-state index in [2.05, 4.69) is 152 Å². The Morgan fingerprint density at radius 3 is 2.02 bits per heavy atom. The van der Waals surface area contributed by atoms with E-state index in [0.29, 0.717) is 0 Å². The van der Waals surface area contributed by atoms with Crippen molar-refractivity contribution in [2.75, 3.05) is 4.90 Å². The van der Waals surface area contributed by atoms with Gasteiger partial charge in [-0.2, -0.15) is 0 Å². The SMILES string of the molecule is CC1(C)c2cc(N(c3ccccc3)c3ccc4c(ccc5ccccc54)c3)ccc2-c2ccc3c(oc4ccccc43)c21. The van der Waals surface area contributed by atoms with Gasteiger partial charge in [0, 0.05) is 38.8 Å². The van der Waals surface area contributed by atoms with Gasteiger partial charge in [0.2, 0.25) is 0 Å². The van der Waals surface area contributed by atoms with Crippen LogP contribution in [0.3, 0.4) is 0 Å². The first-order valence-corrected chi connectivity index (χ1v) is 14.9. The molecule has 0 fully saturated rings. The lowest BCUT2D eigenvalue weighted by Gasteiger charge is -2.28. The summed E-state index contributed by atoms with van der Waals surface area (Å²) in [7, 11) is 0. The summed E-state index contributed by atoms with van der Waals surface area (Å²) in [5.41, 5.74) is 10.3. The molecular weight excluding hydrogens is 522 g/mol. The van der Waals surface area contributed by atoms with Crippen molar-refractivity contribution in [1.29, 1.82) is 0 Å². The maximum absolute atomic E-state index is 6.54. The van der Waals surface area contributed by atoms with E-state index in [-0.39, 0.29) is 5.41 Å². The highest BCUT2D eigenvalue weighted by Crippen LogP contribution is 2.54. The highest BCUT2D eigenvalue weighted by molar-refractivity contribution is 6.10. The number of hydrogen-bond donors (Lipinski definition) is 0. The standard InChI is InChI=1S/C41H29NO/c1-41(2)37-25-30(19-21-33(37)35-22-23-36-34-14-8-9-15-38(34)43-40(36)39(35)41)42(28-11-4-3-5-12-28)29-18-20-32-27(24-29)17-16-26-10-6-7-13-31(26)32/h3-25H,1-2H3. The molecule has 8 aromatic rings. The molecule has 0 atom stereocenters. The number of nitrogens with zero attached hydrogens (tertiary/aromatic N) is 1. The lowest BCUT2D eigenvalue weighted by molar-refractivity contribution is 0.620. The average molecular weight is 552 g/mol. The molecule has 0 saturated carbocycles. The Balaban J connectivity index is 1.23. The summed E-state index contributed by atoms with van der Waals surface area (Å²) < 4.78 is 6.54. The Morgan fingerprint density at radius 2 is 1.14 bits per heavy atom. The quantitative estimate of drug-likeness (QED) is 0.203. The number of fused-ring (bicyclic) bond motifs is 10. The topological polar surface area (TPSA) is 16.4 Å². The molecule has 1 aliphatic rings. The molecule has 1 aromatic heterocycles. The van der Waals surface area contributed by atoms with Crippen molar-refractivity contribution >= 4 is 60.5 Å².